The molecule has 0 saturated heterocycles. The summed E-state index contributed by atoms with van der Waals surface area (Å²) in [6, 6.07) is 15.4. The van der Waals surface area contributed by atoms with E-state index in [9.17, 15) is 14.4 Å². The highest BCUT2D eigenvalue weighted by Crippen LogP contribution is 2.40. The second-order valence-corrected chi connectivity index (χ2v) is 8.93. The standard InChI is InChI=1S/C26H26ClN3O4/c1-4-11-29-15-21(30-24(26(29)33)25(34-17(3)31)22(32)14-28-30)23(18-8-5-7-16(2)12-18)19-9-6-10-20(27)13-19/h5-10,12-14,21,23H,4,11,15H2,1-3H3. The van der Waals surface area contributed by atoms with Crippen LogP contribution in [0.2, 0.25) is 5.02 Å². The highest BCUT2D eigenvalue weighted by molar-refractivity contribution is 6.30. The first-order chi connectivity index (χ1) is 16.3. The van der Waals surface area contributed by atoms with Crippen LogP contribution in [0, 0.1) is 6.92 Å². The zero-order valence-electron chi connectivity index (χ0n) is 19.3. The van der Waals surface area contributed by atoms with Crippen LogP contribution >= 0.6 is 11.6 Å². The minimum Gasteiger partial charge on any atom is -0.420 e. The zero-order valence-corrected chi connectivity index (χ0v) is 20.1. The molecule has 1 aliphatic rings. The first kappa shape index (κ1) is 23.7. The Kier molecular flexibility index (Phi) is 6.84. The summed E-state index contributed by atoms with van der Waals surface area (Å²) in [7, 11) is 0. The van der Waals surface area contributed by atoms with Crippen LogP contribution in [0.25, 0.3) is 0 Å². The summed E-state index contributed by atoms with van der Waals surface area (Å²) in [6.45, 7) is 6.07. The molecule has 2 aromatic carbocycles. The number of esters is 1. The monoisotopic (exact) mass is 479 g/mol. The van der Waals surface area contributed by atoms with E-state index >= 15 is 0 Å². The fourth-order valence-electron chi connectivity index (χ4n) is 4.59. The third-order valence-corrected chi connectivity index (χ3v) is 6.15. The maximum absolute atomic E-state index is 13.4. The molecular formula is C26H26ClN3O4. The van der Waals surface area contributed by atoms with Crippen molar-refractivity contribution in [3.63, 3.8) is 0 Å². The van der Waals surface area contributed by atoms with Gasteiger partial charge in [0, 0.05) is 31.0 Å². The Morgan fingerprint density at radius 3 is 2.53 bits per heavy atom. The quantitative estimate of drug-likeness (QED) is 0.490. The van der Waals surface area contributed by atoms with Crippen molar-refractivity contribution in [1.29, 1.82) is 0 Å². The molecule has 0 saturated carbocycles. The molecule has 2 unspecified atom stereocenters. The number of ether oxygens (including phenoxy) is 1. The van der Waals surface area contributed by atoms with E-state index in [4.69, 9.17) is 16.3 Å². The number of aromatic nitrogens is 2. The molecule has 2 atom stereocenters. The van der Waals surface area contributed by atoms with Gasteiger partial charge in [0.25, 0.3) is 5.91 Å². The second-order valence-electron chi connectivity index (χ2n) is 8.49. The van der Waals surface area contributed by atoms with Gasteiger partial charge in [-0.1, -0.05) is 60.5 Å². The topological polar surface area (TPSA) is 81.5 Å². The average Bonchev–Trinajstić information content (AvgIpc) is 2.78. The number of amides is 1. The number of carbonyl (C=O) groups excluding carboxylic acids is 2. The Morgan fingerprint density at radius 1 is 1.18 bits per heavy atom. The van der Waals surface area contributed by atoms with Gasteiger partial charge in [-0.05, 0) is 36.6 Å². The van der Waals surface area contributed by atoms with Gasteiger partial charge in [-0.15, -0.1) is 0 Å². The second kappa shape index (κ2) is 9.81. The molecule has 0 spiro atoms. The van der Waals surface area contributed by atoms with Crippen molar-refractivity contribution in [1.82, 2.24) is 14.7 Å². The molecule has 0 N–H and O–H groups in total. The molecular weight excluding hydrogens is 454 g/mol. The SMILES string of the molecule is CCCN1CC(C(c2cccc(C)c2)c2cccc(Cl)c2)n2ncc(=O)c(OC(C)=O)c2C1=O. The minimum absolute atomic E-state index is 0.00733. The summed E-state index contributed by atoms with van der Waals surface area (Å²) < 4.78 is 6.78. The fourth-order valence-corrected chi connectivity index (χ4v) is 4.78. The summed E-state index contributed by atoms with van der Waals surface area (Å²) in [5, 5.41) is 4.96. The number of benzene rings is 2. The molecule has 2 heterocycles. The molecule has 0 fully saturated rings. The van der Waals surface area contributed by atoms with Crippen LogP contribution in [0.3, 0.4) is 0 Å². The van der Waals surface area contributed by atoms with Gasteiger partial charge in [-0.3, -0.25) is 19.1 Å². The van der Waals surface area contributed by atoms with E-state index in [1.807, 2.05) is 56.3 Å². The number of aryl methyl sites for hydroxylation is 1. The fraction of sp³-hybridized carbons (Fsp3) is 0.308. The lowest BCUT2D eigenvalue weighted by atomic mass is 9.83. The summed E-state index contributed by atoms with van der Waals surface area (Å²) in [4.78, 5) is 39.5. The molecule has 1 aromatic heterocycles. The van der Waals surface area contributed by atoms with E-state index < -0.39 is 11.4 Å². The summed E-state index contributed by atoms with van der Waals surface area (Å²) in [5.41, 5.74) is 2.46. The van der Waals surface area contributed by atoms with Crippen molar-refractivity contribution < 1.29 is 14.3 Å². The van der Waals surface area contributed by atoms with Crippen molar-refractivity contribution in [3.05, 3.63) is 92.4 Å². The molecule has 3 aromatic rings. The molecule has 176 valence electrons. The molecule has 8 heteroatoms. The van der Waals surface area contributed by atoms with E-state index in [1.165, 1.54) is 6.92 Å². The number of rotatable bonds is 6. The van der Waals surface area contributed by atoms with Crippen LogP contribution in [0.4, 0.5) is 0 Å². The van der Waals surface area contributed by atoms with E-state index in [0.29, 0.717) is 18.1 Å². The predicted octanol–water partition coefficient (Wildman–Crippen LogP) is 4.37. The molecule has 0 bridgehead atoms. The van der Waals surface area contributed by atoms with Gasteiger partial charge in [0.05, 0.1) is 12.2 Å². The third-order valence-electron chi connectivity index (χ3n) is 5.91. The van der Waals surface area contributed by atoms with Crippen LogP contribution < -0.4 is 10.2 Å². The molecule has 1 aliphatic heterocycles. The van der Waals surface area contributed by atoms with Gasteiger partial charge in [0.15, 0.2) is 5.69 Å². The molecule has 4 rings (SSSR count). The Hall–Kier alpha value is -3.45. The first-order valence-corrected chi connectivity index (χ1v) is 11.6. The van der Waals surface area contributed by atoms with Crippen molar-refractivity contribution in [2.24, 2.45) is 0 Å². The van der Waals surface area contributed by atoms with Gasteiger partial charge in [-0.25, -0.2) is 0 Å². The smallest absolute Gasteiger partial charge is 0.308 e. The highest BCUT2D eigenvalue weighted by atomic mass is 35.5. The van der Waals surface area contributed by atoms with E-state index in [-0.39, 0.29) is 29.3 Å². The van der Waals surface area contributed by atoms with Gasteiger partial charge in [0.1, 0.15) is 0 Å². The Bertz CT molecular complexity index is 1260. The highest BCUT2D eigenvalue weighted by Gasteiger charge is 2.40. The van der Waals surface area contributed by atoms with E-state index in [1.54, 1.807) is 9.58 Å². The van der Waals surface area contributed by atoms with Crippen LogP contribution in [0.5, 0.6) is 5.75 Å². The number of fused-ring (bicyclic) bond motifs is 1. The van der Waals surface area contributed by atoms with Crippen LogP contribution in [0.15, 0.2) is 59.5 Å². The lowest BCUT2D eigenvalue weighted by Gasteiger charge is -2.39. The van der Waals surface area contributed by atoms with Crippen molar-refractivity contribution >= 4 is 23.5 Å². The summed E-state index contributed by atoms with van der Waals surface area (Å²) in [6.07, 6.45) is 1.83. The van der Waals surface area contributed by atoms with E-state index in [0.717, 1.165) is 29.3 Å². The Balaban J connectivity index is 1.98. The third kappa shape index (κ3) is 4.61. The van der Waals surface area contributed by atoms with Crippen LogP contribution in [-0.4, -0.2) is 39.6 Å². The minimum atomic E-state index is -0.673. The number of hydrogen-bond acceptors (Lipinski definition) is 5. The van der Waals surface area contributed by atoms with Gasteiger partial charge >= 0.3 is 5.97 Å². The molecule has 0 aliphatic carbocycles. The maximum Gasteiger partial charge on any atom is 0.308 e. The number of halogens is 1. The largest absolute Gasteiger partial charge is 0.420 e. The molecule has 0 radical (unpaired) electrons. The van der Waals surface area contributed by atoms with E-state index in [2.05, 4.69) is 11.2 Å². The van der Waals surface area contributed by atoms with Crippen molar-refractivity contribution in [2.45, 2.75) is 39.2 Å². The van der Waals surface area contributed by atoms with Crippen LogP contribution in [-0.2, 0) is 4.79 Å². The Labute approximate surface area is 202 Å². The average molecular weight is 480 g/mol. The summed E-state index contributed by atoms with van der Waals surface area (Å²) in [5.74, 6) is -1.57. The summed E-state index contributed by atoms with van der Waals surface area (Å²) >= 11 is 6.37. The Morgan fingerprint density at radius 2 is 1.88 bits per heavy atom. The molecule has 7 nitrogen and oxygen atoms in total. The van der Waals surface area contributed by atoms with Crippen LogP contribution in [0.1, 0.15) is 59.4 Å². The number of carbonyl (C=O) groups is 2. The lowest BCUT2D eigenvalue weighted by Crippen LogP contribution is -2.47. The predicted molar refractivity (Wildman–Crippen MR) is 130 cm³/mol. The van der Waals surface area contributed by atoms with Crippen molar-refractivity contribution in [3.8, 4) is 5.75 Å². The maximum atomic E-state index is 13.4. The number of nitrogens with zero attached hydrogens (tertiary/aromatic N) is 3. The zero-order chi connectivity index (χ0) is 24.4. The lowest BCUT2D eigenvalue weighted by molar-refractivity contribution is -0.132. The van der Waals surface area contributed by atoms with Crippen molar-refractivity contribution in [2.75, 3.05) is 13.1 Å². The molecule has 34 heavy (non-hydrogen) atoms. The van der Waals surface area contributed by atoms with Gasteiger partial charge in [-0.2, -0.15) is 5.10 Å². The first-order valence-electron chi connectivity index (χ1n) is 11.2. The van der Waals surface area contributed by atoms with Gasteiger partial charge in [0.2, 0.25) is 11.2 Å². The number of hydrogen-bond donors (Lipinski definition) is 0. The normalized spacial score (nSPS) is 16.2. The van der Waals surface area contributed by atoms with Gasteiger partial charge < -0.3 is 9.64 Å². The molecule has 1 amide bonds.